The molecular formula is C25H35FO3. The van der Waals surface area contributed by atoms with Gasteiger partial charge in [0.2, 0.25) is 5.83 Å². The zero-order chi connectivity index (χ0) is 22.0. The maximum absolute atomic E-state index is 14.8. The minimum atomic E-state index is -0.934. The molecule has 0 unspecified atom stereocenters. The fourth-order valence-electron chi connectivity index (χ4n) is 3.74. The van der Waals surface area contributed by atoms with Gasteiger partial charge in [-0.3, -0.25) is 0 Å². The van der Waals surface area contributed by atoms with Crippen LogP contribution in [-0.2, 0) is 14.9 Å². The number of benzene rings is 1. The summed E-state index contributed by atoms with van der Waals surface area (Å²) >= 11 is 0. The van der Waals surface area contributed by atoms with Crippen molar-refractivity contribution in [3.63, 3.8) is 0 Å². The van der Waals surface area contributed by atoms with Crippen molar-refractivity contribution in [3.8, 4) is 5.75 Å². The molecule has 0 spiro atoms. The molecule has 29 heavy (non-hydrogen) atoms. The lowest BCUT2D eigenvalue weighted by Gasteiger charge is -2.37. The fourth-order valence-corrected chi connectivity index (χ4v) is 3.74. The number of carbonyl (C=O) groups excluding carboxylic acids is 1. The highest BCUT2D eigenvalue weighted by atomic mass is 19.1. The summed E-state index contributed by atoms with van der Waals surface area (Å²) in [5, 5.41) is 0. The lowest BCUT2D eigenvalue weighted by Crippen LogP contribution is -2.25. The second-order valence-corrected chi connectivity index (χ2v) is 9.36. The Kier molecular flexibility index (Phi) is 6.97. The minimum Gasteiger partial charge on any atom is -0.493 e. The number of fused-ring (bicyclic) bond motifs is 1. The SMILES string of the molecule is CCCOc1cc2c(cc1C(C)=C(F)C(=O)OCC)C(C(C)(C)C)=CCC2(C)C. The molecule has 1 aromatic carbocycles. The number of allylic oxidation sites excluding steroid dienone is 3. The van der Waals surface area contributed by atoms with Gasteiger partial charge in [-0.05, 0) is 66.4 Å². The van der Waals surface area contributed by atoms with Gasteiger partial charge in [-0.15, -0.1) is 0 Å². The van der Waals surface area contributed by atoms with Crippen molar-refractivity contribution in [1.29, 1.82) is 0 Å². The van der Waals surface area contributed by atoms with Gasteiger partial charge in [-0.1, -0.05) is 47.6 Å². The summed E-state index contributed by atoms with van der Waals surface area (Å²) < 4.78 is 25.7. The average molecular weight is 403 g/mol. The lowest BCUT2D eigenvalue weighted by molar-refractivity contribution is -0.140. The van der Waals surface area contributed by atoms with Gasteiger partial charge >= 0.3 is 5.97 Å². The Labute approximate surface area is 175 Å². The largest absolute Gasteiger partial charge is 0.493 e. The first kappa shape index (κ1) is 23.2. The monoisotopic (exact) mass is 402 g/mol. The Balaban J connectivity index is 2.76. The third-order valence-corrected chi connectivity index (χ3v) is 5.41. The van der Waals surface area contributed by atoms with Crippen molar-refractivity contribution in [3.05, 3.63) is 40.7 Å². The Morgan fingerprint density at radius 2 is 1.86 bits per heavy atom. The molecule has 0 amide bonds. The maximum atomic E-state index is 14.8. The number of halogens is 1. The van der Waals surface area contributed by atoms with E-state index in [0.717, 1.165) is 18.4 Å². The summed E-state index contributed by atoms with van der Waals surface area (Å²) in [5.74, 6) is -1.19. The number of rotatable bonds is 6. The molecule has 0 saturated heterocycles. The Hall–Kier alpha value is -2.10. The Bertz CT molecular complexity index is 838. The highest BCUT2D eigenvalue weighted by Crippen LogP contribution is 2.48. The number of ether oxygens (including phenoxy) is 2. The van der Waals surface area contributed by atoms with Gasteiger partial charge in [-0.25, -0.2) is 4.79 Å². The van der Waals surface area contributed by atoms with Gasteiger partial charge in [0.05, 0.1) is 13.2 Å². The third kappa shape index (κ3) is 4.91. The highest BCUT2D eigenvalue weighted by molar-refractivity contribution is 5.96. The van der Waals surface area contributed by atoms with E-state index < -0.39 is 11.8 Å². The van der Waals surface area contributed by atoms with Gasteiger partial charge in [0.25, 0.3) is 0 Å². The molecule has 0 saturated carbocycles. The molecule has 3 nitrogen and oxygen atoms in total. The van der Waals surface area contributed by atoms with Crippen molar-refractivity contribution < 1.29 is 18.7 Å². The van der Waals surface area contributed by atoms with Gasteiger partial charge in [0.1, 0.15) is 5.75 Å². The van der Waals surface area contributed by atoms with E-state index in [1.807, 2.05) is 19.1 Å². The van der Waals surface area contributed by atoms with Crippen molar-refractivity contribution in [2.24, 2.45) is 5.41 Å². The zero-order valence-electron chi connectivity index (χ0n) is 19.2. The van der Waals surface area contributed by atoms with Gasteiger partial charge in [0, 0.05) is 11.1 Å². The quantitative estimate of drug-likeness (QED) is 0.385. The van der Waals surface area contributed by atoms with Crippen molar-refractivity contribution in [2.45, 2.75) is 73.6 Å². The molecule has 1 aliphatic carbocycles. The first-order chi connectivity index (χ1) is 13.4. The van der Waals surface area contributed by atoms with Crippen LogP contribution in [-0.4, -0.2) is 19.2 Å². The fraction of sp³-hybridized carbons (Fsp3) is 0.560. The van der Waals surface area contributed by atoms with Gasteiger partial charge in [-0.2, -0.15) is 4.39 Å². The molecule has 0 heterocycles. The van der Waals surface area contributed by atoms with Crippen LogP contribution >= 0.6 is 0 Å². The van der Waals surface area contributed by atoms with Crippen molar-refractivity contribution in [1.82, 2.24) is 0 Å². The predicted molar refractivity (Wildman–Crippen MR) is 118 cm³/mol. The van der Waals surface area contributed by atoms with E-state index in [0.29, 0.717) is 17.9 Å². The molecule has 160 valence electrons. The summed E-state index contributed by atoms with van der Waals surface area (Å²) in [4.78, 5) is 12.0. The molecule has 0 aromatic heterocycles. The standard InChI is InChI=1S/C25H35FO3/c1-9-13-29-21-15-20-18(19(24(4,5)6)11-12-25(20,7)8)14-17(21)16(3)22(26)23(27)28-10-2/h11,14-15H,9-10,12-13H2,1-8H3. The summed E-state index contributed by atoms with van der Waals surface area (Å²) in [6.45, 7) is 17.0. The molecule has 0 aliphatic heterocycles. The maximum Gasteiger partial charge on any atom is 0.367 e. The first-order valence-electron chi connectivity index (χ1n) is 10.5. The van der Waals surface area contributed by atoms with Crippen LogP contribution in [0.25, 0.3) is 11.1 Å². The second-order valence-electron chi connectivity index (χ2n) is 9.36. The first-order valence-corrected chi connectivity index (χ1v) is 10.5. The van der Waals surface area contributed by atoms with Crippen molar-refractivity contribution >= 4 is 17.1 Å². The molecule has 1 aromatic rings. The van der Waals surface area contributed by atoms with Crippen LogP contribution in [0.5, 0.6) is 5.75 Å². The van der Waals surface area contributed by atoms with E-state index in [-0.39, 0.29) is 23.0 Å². The lowest BCUT2D eigenvalue weighted by atomic mass is 9.67. The third-order valence-electron chi connectivity index (χ3n) is 5.41. The number of esters is 1. The molecule has 0 atom stereocenters. The normalized spacial score (nSPS) is 16.5. The number of hydrogen-bond donors (Lipinski definition) is 0. The molecule has 0 radical (unpaired) electrons. The number of carbonyl (C=O) groups is 1. The van der Waals surface area contributed by atoms with E-state index in [9.17, 15) is 9.18 Å². The Morgan fingerprint density at radius 3 is 2.41 bits per heavy atom. The Morgan fingerprint density at radius 1 is 1.21 bits per heavy atom. The molecule has 0 bridgehead atoms. The summed E-state index contributed by atoms with van der Waals surface area (Å²) in [7, 11) is 0. The predicted octanol–water partition coefficient (Wildman–Crippen LogP) is 6.85. The summed E-state index contributed by atoms with van der Waals surface area (Å²) in [5.41, 5.74) is 4.28. The van der Waals surface area contributed by atoms with E-state index in [1.165, 1.54) is 11.1 Å². The minimum absolute atomic E-state index is 0.0500. The molecule has 0 fully saturated rings. The molecule has 2 rings (SSSR count). The van der Waals surface area contributed by atoms with Crippen LogP contribution in [0, 0.1) is 5.41 Å². The highest BCUT2D eigenvalue weighted by Gasteiger charge is 2.34. The molecular weight excluding hydrogens is 367 g/mol. The summed E-state index contributed by atoms with van der Waals surface area (Å²) in [6.07, 6.45) is 4.07. The van der Waals surface area contributed by atoms with Crippen LogP contribution in [0.2, 0.25) is 0 Å². The van der Waals surface area contributed by atoms with Crippen LogP contribution in [0.1, 0.15) is 84.9 Å². The molecule has 1 aliphatic rings. The second kappa shape index (κ2) is 8.73. The van der Waals surface area contributed by atoms with E-state index in [1.54, 1.807) is 13.8 Å². The van der Waals surface area contributed by atoms with Crippen LogP contribution in [0.3, 0.4) is 0 Å². The summed E-state index contributed by atoms with van der Waals surface area (Å²) in [6, 6.07) is 4.04. The van der Waals surface area contributed by atoms with Crippen LogP contribution in [0.15, 0.2) is 24.0 Å². The van der Waals surface area contributed by atoms with E-state index in [4.69, 9.17) is 9.47 Å². The van der Waals surface area contributed by atoms with Crippen molar-refractivity contribution in [2.75, 3.05) is 13.2 Å². The van der Waals surface area contributed by atoms with Gasteiger partial charge < -0.3 is 9.47 Å². The van der Waals surface area contributed by atoms with E-state index in [2.05, 4.69) is 40.7 Å². The molecule has 4 heteroatoms. The smallest absolute Gasteiger partial charge is 0.367 e. The van der Waals surface area contributed by atoms with Gasteiger partial charge in [0.15, 0.2) is 0 Å². The number of hydrogen-bond acceptors (Lipinski definition) is 3. The van der Waals surface area contributed by atoms with E-state index >= 15 is 0 Å². The molecule has 0 N–H and O–H groups in total. The average Bonchev–Trinajstić information content (AvgIpc) is 2.63. The zero-order valence-corrected chi connectivity index (χ0v) is 19.2. The van der Waals surface area contributed by atoms with Crippen LogP contribution < -0.4 is 4.74 Å². The van der Waals surface area contributed by atoms with Crippen LogP contribution in [0.4, 0.5) is 4.39 Å². The topological polar surface area (TPSA) is 35.5 Å².